The minimum atomic E-state index is -0.813. The summed E-state index contributed by atoms with van der Waals surface area (Å²) in [6.45, 7) is 3.01. The monoisotopic (exact) mass is 595 g/mol. The van der Waals surface area contributed by atoms with Crippen molar-refractivity contribution in [2.75, 3.05) is 46.1 Å². The van der Waals surface area contributed by atoms with Gasteiger partial charge in [-0.1, -0.05) is 22.0 Å². The van der Waals surface area contributed by atoms with Crippen LogP contribution in [0.3, 0.4) is 0 Å². The molecule has 2 atom stereocenters. The summed E-state index contributed by atoms with van der Waals surface area (Å²) in [5, 5.41) is 17.5. The number of nitrogens with zero attached hydrogens (tertiary/aromatic N) is 3. The lowest BCUT2D eigenvalue weighted by Gasteiger charge is -2.37. The normalized spacial score (nSPS) is 20.3. The van der Waals surface area contributed by atoms with Crippen molar-refractivity contribution in [3.8, 4) is 0 Å². The average Bonchev–Trinajstić information content (AvgIpc) is 3.42. The molecule has 13 heteroatoms. The van der Waals surface area contributed by atoms with Gasteiger partial charge in [0, 0.05) is 41.4 Å². The summed E-state index contributed by atoms with van der Waals surface area (Å²) in [5.41, 5.74) is 1.34. The van der Waals surface area contributed by atoms with Gasteiger partial charge in [-0.15, -0.1) is 11.3 Å². The third kappa shape index (κ3) is 6.41. The number of ether oxygens (including phenoxy) is 2. The molecule has 4 rings (SSSR count). The van der Waals surface area contributed by atoms with Crippen molar-refractivity contribution in [1.82, 2.24) is 20.5 Å². The number of nitrogens with one attached hydrogen (secondary N) is 2. The zero-order valence-electron chi connectivity index (χ0n) is 20.1. The largest absolute Gasteiger partial charge is 0.463 e. The van der Waals surface area contributed by atoms with Crippen LogP contribution in [0, 0.1) is 5.82 Å². The van der Waals surface area contributed by atoms with E-state index >= 15 is 0 Å². The number of halogens is 2. The number of aliphatic hydroxyl groups is 1. The molecule has 10 nitrogen and oxygen atoms in total. The number of rotatable bonds is 9. The predicted octanol–water partition coefficient (Wildman–Crippen LogP) is 1.76. The van der Waals surface area contributed by atoms with Gasteiger partial charge in [0.25, 0.3) is 0 Å². The van der Waals surface area contributed by atoms with Gasteiger partial charge in [0.15, 0.2) is 10.8 Å². The number of morpholine rings is 1. The Labute approximate surface area is 225 Å². The van der Waals surface area contributed by atoms with Crippen LogP contribution in [0.4, 0.5) is 4.39 Å². The van der Waals surface area contributed by atoms with Crippen molar-refractivity contribution in [3.63, 3.8) is 0 Å². The molecule has 2 aliphatic heterocycles. The first-order valence-corrected chi connectivity index (χ1v) is 13.4. The summed E-state index contributed by atoms with van der Waals surface area (Å²) in [6, 6.07) is 2.77. The lowest BCUT2D eigenvalue weighted by Crippen LogP contribution is -2.55. The maximum atomic E-state index is 13.9. The molecular formula is C24H27BrFN5O5S. The van der Waals surface area contributed by atoms with Gasteiger partial charge in [-0.05, 0) is 24.6 Å². The molecule has 37 heavy (non-hydrogen) atoms. The number of aliphatic imine (C=N–C) groups is 1. The van der Waals surface area contributed by atoms with Crippen molar-refractivity contribution in [2.24, 2.45) is 4.99 Å². The molecule has 1 aromatic carbocycles. The van der Waals surface area contributed by atoms with Gasteiger partial charge in [-0.25, -0.2) is 14.2 Å². The summed E-state index contributed by atoms with van der Waals surface area (Å²) >= 11 is 4.80. The van der Waals surface area contributed by atoms with Gasteiger partial charge >= 0.3 is 5.97 Å². The first-order valence-electron chi connectivity index (χ1n) is 11.7. The third-order valence-electron chi connectivity index (χ3n) is 5.83. The Balaban J connectivity index is 1.78. The van der Waals surface area contributed by atoms with Crippen molar-refractivity contribution >= 4 is 45.0 Å². The van der Waals surface area contributed by atoms with Gasteiger partial charge in [0.05, 0.1) is 32.0 Å². The topological polar surface area (TPSA) is 125 Å². The molecule has 0 bridgehead atoms. The molecule has 1 fully saturated rings. The molecule has 2 aromatic rings. The number of hydrogen-bond acceptors (Lipinski definition) is 10. The highest BCUT2D eigenvalue weighted by Gasteiger charge is 2.37. The number of aromatic nitrogens is 1. The van der Waals surface area contributed by atoms with E-state index in [4.69, 9.17) is 19.6 Å². The number of benzene rings is 1. The molecule has 1 saturated heterocycles. The van der Waals surface area contributed by atoms with Crippen molar-refractivity contribution in [2.45, 2.75) is 19.0 Å². The fourth-order valence-electron chi connectivity index (χ4n) is 4.14. The van der Waals surface area contributed by atoms with Crippen molar-refractivity contribution in [1.29, 1.82) is 0 Å². The Kier molecular flexibility index (Phi) is 9.38. The number of esters is 1. The van der Waals surface area contributed by atoms with E-state index in [0.717, 1.165) is 0 Å². The van der Waals surface area contributed by atoms with E-state index in [9.17, 15) is 14.0 Å². The van der Waals surface area contributed by atoms with Gasteiger partial charge in [-0.2, -0.15) is 0 Å². The molecular weight excluding hydrogens is 569 g/mol. The molecule has 2 aliphatic rings. The number of amidine groups is 1. The van der Waals surface area contributed by atoms with Crippen LogP contribution in [0.25, 0.3) is 0 Å². The Morgan fingerprint density at radius 2 is 2.27 bits per heavy atom. The molecule has 0 saturated carbocycles. The highest BCUT2D eigenvalue weighted by atomic mass is 79.9. The standard InChI is InChI=1S/C24H27BrFN5O5S/c1-2-36-24(34)19-17(12-31-7-9-35-13-18(31)22(33)27-5-8-32)29-21(23-28-6-10-37-23)30-20(19)15-4-3-14(26)11-16(15)25/h3-4,6,10-11,18,20,32H,2,5,7-9,12-13H2,1H3,(H,27,33)(H,29,30)/t18-,20?/m0/s1. The van der Waals surface area contributed by atoms with E-state index in [1.165, 1.54) is 23.5 Å². The van der Waals surface area contributed by atoms with E-state index in [-0.39, 0.29) is 44.4 Å². The fraction of sp³-hybridized carbons (Fsp3) is 0.417. The average molecular weight is 596 g/mol. The van der Waals surface area contributed by atoms with E-state index in [0.29, 0.717) is 39.7 Å². The van der Waals surface area contributed by atoms with Crippen LogP contribution in [-0.2, 0) is 19.1 Å². The highest BCUT2D eigenvalue weighted by Crippen LogP contribution is 2.37. The number of carbonyl (C=O) groups excluding carboxylic acids is 2. The lowest BCUT2D eigenvalue weighted by molar-refractivity contribution is -0.139. The maximum absolute atomic E-state index is 13.9. The summed E-state index contributed by atoms with van der Waals surface area (Å²) in [7, 11) is 0. The summed E-state index contributed by atoms with van der Waals surface area (Å²) < 4.78 is 25.3. The van der Waals surface area contributed by atoms with Gasteiger partial charge < -0.3 is 25.2 Å². The SMILES string of the molecule is CCOC(=O)C1=C(CN2CCOC[C@H]2C(=O)NCCO)NC(c2nccs2)=NC1c1ccc(F)cc1Br. The van der Waals surface area contributed by atoms with Crippen LogP contribution in [-0.4, -0.2) is 84.8 Å². The maximum Gasteiger partial charge on any atom is 0.338 e. The summed E-state index contributed by atoms with van der Waals surface area (Å²) in [6.07, 6.45) is 1.65. The van der Waals surface area contributed by atoms with Crippen LogP contribution in [0.15, 0.2) is 50.5 Å². The molecule has 1 amide bonds. The third-order valence-corrected chi connectivity index (χ3v) is 7.29. The number of amides is 1. The molecule has 198 valence electrons. The van der Waals surface area contributed by atoms with Crippen LogP contribution in [0.5, 0.6) is 0 Å². The number of aliphatic hydroxyl groups excluding tert-OH is 1. The van der Waals surface area contributed by atoms with Crippen LogP contribution in [0.1, 0.15) is 23.5 Å². The number of carbonyl (C=O) groups is 2. The lowest BCUT2D eigenvalue weighted by atomic mass is 9.95. The number of thiazole rings is 1. The number of hydrogen-bond donors (Lipinski definition) is 3. The highest BCUT2D eigenvalue weighted by molar-refractivity contribution is 9.10. The molecule has 1 aromatic heterocycles. The molecule has 0 spiro atoms. The fourth-order valence-corrected chi connectivity index (χ4v) is 5.29. The minimum absolute atomic E-state index is 0.125. The Hall–Kier alpha value is -2.71. The van der Waals surface area contributed by atoms with Crippen LogP contribution < -0.4 is 10.6 Å². The van der Waals surface area contributed by atoms with Gasteiger partial charge in [-0.3, -0.25) is 14.7 Å². The zero-order valence-corrected chi connectivity index (χ0v) is 22.5. The van der Waals surface area contributed by atoms with Crippen molar-refractivity contribution in [3.05, 3.63) is 61.9 Å². The Morgan fingerprint density at radius 1 is 1.43 bits per heavy atom. The van der Waals surface area contributed by atoms with Gasteiger partial charge in [0.1, 0.15) is 17.9 Å². The van der Waals surface area contributed by atoms with E-state index in [2.05, 4.69) is 31.5 Å². The second-order valence-corrected chi connectivity index (χ2v) is 9.95. The predicted molar refractivity (Wildman–Crippen MR) is 139 cm³/mol. The molecule has 3 heterocycles. The molecule has 0 aliphatic carbocycles. The minimum Gasteiger partial charge on any atom is -0.463 e. The quantitative estimate of drug-likeness (QED) is 0.375. The first-order chi connectivity index (χ1) is 17.9. The van der Waals surface area contributed by atoms with Crippen LogP contribution >= 0.6 is 27.3 Å². The summed E-state index contributed by atoms with van der Waals surface area (Å²) in [5.74, 6) is -0.827. The first kappa shape index (κ1) is 27.3. The van der Waals surface area contributed by atoms with E-state index in [1.807, 2.05) is 10.3 Å². The van der Waals surface area contributed by atoms with E-state index in [1.54, 1.807) is 19.2 Å². The van der Waals surface area contributed by atoms with E-state index < -0.39 is 23.9 Å². The smallest absolute Gasteiger partial charge is 0.338 e. The second-order valence-electron chi connectivity index (χ2n) is 8.20. The zero-order chi connectivity index (χ0) is 26.4. The Morgan fingerprint density at radius 3 is 2.97 bits per heavy atom. The van der Waals surface area contributed by atoms with Gasteiger partial charge in [0.2, 0.25) is 5.91 Å². The Bertz CT molecular complexity index is 1190. The molecule has 0 radical (unpaired) electrons. The van der Waals surface area contributed by atoms with Crippen molar-refractivity contribution < 1.29 is 28.6 Å². The summed E-state index contributed by atoms with van der Waals surface area (Å²) in [4.78, 5) is 37.2. The van der Waals surface area contributed by atoms with Crippen LogP contribution in [0.2, 0.25) is 0 Å². The molecule has 1 unspecified atom stereocenters. The second kappa shape index (κ2) is 12.7. The molecule has 3 N–H and O–H groups in total.